The molecule has 7 nitrogen and oxygen atoms in total. The maximum absolute atomic E-state index is 12.9. The van der Waals surface area contributed by atoms with E-state index in [1.54, 1.807) is 7.11 Å². The number of piperazine rings is 1. The van der Waals surface area contributed by atoms with Crippen molar-refractivity contribution in [3.63, 3.8) is 0 Å². The lowest BCUT2D eigenvalue weighted by atomic mass is 9.81. The van der Waals surface area contributed by atoms with Crippen molar-refractivity contribution in [3.05, 3.63) is 46.8 Å². The first-order valence-corrected chi connectivity index (χ1v) is 10.2. The fraction of sp³-hybridized carbons (Fsp3) is 0.500. The maximum atomic E-state index is 12.9. The average molecular weight is 396 g/mol. The van der Waals surface area contributed by atoms with E-state index in [0.29, 0.717) is 30.9 Å². The molecule has 2 heterocycles. The molecule has 2 aliphatic rings. The monoisotopic (exact) mass is 396 g/mol. The molecule has 1 fully saturated rings. The second kappa shape index (κ2) is 8.47. The number of carbonyl (C=O) groups is 1. The molecule has 1 aliphatic carbocycles. The Hall–Kier alpha value is -2.51. The number of rotatable bonds is 5. The highest BCUT2D eigenvalue weighted by Gasteiger charge is 2.32. The van der Waals surface area contributed by atoms with Gasteiger partial charge < -0.3 is 14.7 Å². The normalized spacial score (nSPS) is 19.9. The molecule has 0 radical (unpaired) electrons. The smallest absolute Gasteiger partial charge is 0.225 e. The maximum Gasteiger partial charge on any atom is 0.225 e. The summed E-state index contributed by atoms with van der Waals surface area (Å²) in [5.41, 5.74) is 3.37. The summed E-state index contributed by atoms with van der Waals surface area (Å²) in [4.78, 5) is 26.8. The third-order valence-corrected chi connectivity index (χ3v) is 5.95. The number of benzene rings is 1. The number of hydrogen-bond acceptors (Lipinski definition) is 7. The molecule has 1 unspecified atom stereocenters. The molecule has 1 aromatic heterocycles. The van der Waals surface area contributed by atoms with Gasteiger partial charge in [-0.15, -0.1) is 0 Å². The molecular weight excluding hydrogens is 368 g/mol. The molecule has 1 aromatic carbocycles. The summed E-state index contributed by atoms with van der Waals surface area (Å²) in [5, 5.41) is 9.13. The number of aliphatic hydroxyl groups excluding tert-OH is 1. The summed E-state index contributed by atoms with van der Waals surface area (Å²) < 4.78 is 5.52. The molecule has 1 saturated heterocycles. The van der Waals surface area contributed by atoms with E-state index < -0.39 is 0 Å². The summed E-state index contributed by atoms with van der Waals surface area (Å²) in [6, 6.07) is 7.91. The molecule has 0 saturated carbocycles. The molecule has 0 spiro atoms. The number of ether oxygens (including phenoxy) is 1. The average Bonchev–Trinajstić information content (AvgIpc) is 2.74. The van der Waals surface area contributed by atoms with Gasteiger partial charge in [-0.2, -0.15) is 0 Å². The number of Topliss-reactive ketones (excluding diaryl/α,β-unsaturated/α-hetero) is 1. The van der Waals surface area contributed by atoms with Crippen molar-refractivity contribution in [2.24, 2.45) is 0 Å². The van der Waals surface area contributed by atoms with Gasteiger partial charge in [-0.3, -0.25) is 9.69 Å². The Kier molecular flexibility index (Phi) is 5.78. The summed E-state index contributed by atoms with van der Waals surface area (Å²) >= 11 is 0. The number of methoxy groups -OCH3 is 1. The van der Waals surface area contributed by atoms with Crippen LogP contribution < -0.4 is 9.64 Å². The van der Waals surface area contributed by atoms with Crippen molar-refractivity contribution in [2.75, 3.05) is 51.3 Å². The van der Waals surface area contributed by atoms with Crippen molar-refractivity contribution in [1.82, 2.24) is 14.9 Å². The van der Waals surface area contributed by atoms with Crippen LogP contribution in [0.4, 0.5) is 5.95 Å². The van der Waals surface area contributed by atoms with Crippen LogP contribution in [0.5, 0.6) is 5.75 Å². The lowest BCUT2D eigenvalue weighted by Crippen LogP contribution is -2.48. The molecule has 1 N–H and O–H groups in total. The van der Waals surface area contributed by atoms with Crippen LogP contribution in [-0.4, -0.2) is 72.2 Å². The van der Waals surface area contributed by atoms with Crippen LogP contribution in [0.25, 0.3) is 0 Å². The summed E-state index contributed by atoms with van der Waals surface area (Å²) in [7, 11) is 1.66. The number of hydrogen-bond donors (Lipinski definition) is 1. The highest BCUT2D eigenvalue weighted by molar-refractivity contribution is 5.99. The quantitative estimate of drug-likeness (QED) is 0.826. The van der Waals surface area contributed by atoms with Crippen LogP contribution in [0, 0.1) is 6.92 Å². The van der Waals surface area contributed by atoms with Gasteiger partial charge in [0.2, 0.25) is 5.95 Å². The predicted octanol–water partition coefficient (Wildman–Crippen LogP) is 1.82. The van der Waals surface area contributed by atoms with E-state index in [1.165, 1.54) is 0 Å². The lowest BCUT2D eigenvalue weighted by molar-refractivity contribution is 0.0961. The first-order valence-electron chi connectivity index (χ1n) is 10.2. The zero-order chi connectivity index (χ0) is 20.4. The summed E-state index contributed by atoms with van der Waals surface area (Å²) in [6.45, 7) is 6.19. The fourth-order valence-corrected chi connectivity index (χ4v) is 4.44. The van der Waals surface area contributed by atoms with Gasteiger partial charge in [-0.1, -0.05) is 18.2 Å². The Balaban J connectivity index is 1.60. The number of ketones is 1. The molecule has 7 heteroatoms. The molecule has 0 bridgehead atoms. The van der Waals surface area contributed by atoms with Gasteiger partial charge in [0.1, 0.15) is 5.75 Å². The van der Waals surface area contributed by atoms with E-state index in [9.17, 15) is 4.79 Å². The van der Waals surface area contributed by atoms with Crippen molar-refractivity contribution in [2.45, 2.75) is 25.7 Å². The minimum absolute atomic E-state index is 0.0645. The minimum atomic E-state index is 0.0645. The molecule has 1 aliphatic heterocycles. The van der Waals surface area contributed by atoms with E-state index in [2.05, 4.69) is 14.8 Å². The number of aromatic nitrogens is 2. The second-order valence-electron chi connectivity index (χ2n) is 7.75. The van der Waals surface area contributed by atoms with Crippen molar-refractivity contribution in [3.8, 4) is 5.75 Å². The van der Waals surface area contributed by atoms with E-state index in [-0.39, 0.29) is 18.3 Å². The standard InChI is InChI=1S/C22H28N4O3/c1-15-21-18(24-22(23-15)26-9-7-25(8-10-26)11-12-27)13-16(14-19(21)28)17-5-3-4-6-20(17)29-2/h3-6,16,27H,7-14H2,1-2H3. The molecule has 0 amide bonds. The lowest BCUT2D eigenvalue weighted by Gasteiger charge is -2.35. The van der Waals surface area contributed by atoms with Gasteiger partial charge in [-0.25, -0.2) is 9.97 Å². The topological polar surface area (TPSA) is 78.8 Å². The van der Waals surface area contributed by atoms with Crippen LogP contribution in [0.15, 0.2) is 24.3 Å². The number of fused-ring (bicyclic) bond motifs is 1. The molecule has 29 heavy (non-hydrogen) atoms. The van der Waals surface area contributed by atoms with Gasteiger partial charge in [-0.05, 0) is 25.0 Å². The van der Waals surface area contributed by atoms with Crippen molar-refractivity contribution >= 4 is 11.7 Å². The van der Waals surface area contributed by atoms with Crippen LogP contribution in [-0.2, 0) is 6.42 Å². The van der Waals surface area contributed by atoms with E-state index in [4.69, 9.17) is 14.8 Å². The van der Waals surface area contributed by atoms with E-state index >= 15 is 0 Å². The molecule has 2 aromatic rings. The van der Waals surface area contributed by atoms with Crippen LogP contribution in [0.1, 0.15) is 39.6 Å². The number of nitrogens with zero attached hydrogens (tertiary/aromatic N) is 4. The number of para-hydroxylation sites is 1. The Morgan fingerprint density at radius 2 is 1.90 bits per heavy atom. The molecule has 4 rings (SSSR count). The number of aryl methyl sites for hydroxylation is 1. The first kappa shape index (κ1) is 19.8. The number of carbonyl (C=O) groups excluding carboxylic acids is 1. The summed E-state index contributed by atoms with van der Waals surface area (Å²) in [5.74, 6) is 1.70. The second-order valence-corrected chi connectivity index (χ2v) is 7.75. The van der Waals surface area contributed by atoms with Gasteiger partial charge in [0.15, 0.2) is 5.78 Å². The zero-order valence-corrected chi connectivity index (χ0v) is 17.1. The van der Waals surface area contributed by atoms with Crippen LogP contribution in [0.3, 0.4) is 0 Å². The van der Waals surface area contributed by atoms with Crippen LogP contribution in [0.2, 0.25) is 0 Å². The van der Waals surface area contributed by atoms with E-state index in [0.717, 1.165) is 48.9 Å². The highest BCUT2D eigenvalue weighted by atomic mass is 16.5. The SMILES string of the molecule is COc1ccccc1C1CC(=O)c2c(C)nc(N3CCN(CCO)CC3)nc2C1. The first-order chi connectivity index (χ1) is 14.1. The van der Waals surface area contributed by atoms with Gasteiger partial charge in [0.25, 0.3) is 0 Å². The van der Waals surface area contributed by atoms with E-state index in [1.807, 2.05) is 31.2 Å². The van der Waals surface area contributed by atoms with Crippen molar-refractivity contribution in [1.29, 1.82) is 0 Å². The third-order valence-electron chi connectivity index (χ3n) is 5.95. The highest BCUT2D eigenvalue weighted by Crippen LogP contribution is 2.37. The van der Waals surface area contributed by atoms with Gasteiger partial charge >= 0.3 is 0 Å². The minimum Gasteiger partial charge on any atom is -0.496 e. The molecule has 1 atom stereocenters. The van der Waals surface area contributed by atoms with Crippen molar-refractivity contribution < 1.29 is 14.6 Å². The summed E-state index contributed by atoms with van der Waals surface area (Å²) in [6.07, 6.45) is 1.17. The zero-order valence-electron chi connectivity index (χ0n) is 17.1. The van der Waals surface area contributed by atoms with Gasteiger partial charge in [0.05, 0.1) is 30.7 Å². The fourth-order valence-electron chi connectivity index (χ4n) is 4.44. The molecule has 154 valence electrons. The van der Waals surface area contributed by atoms with Gasteiger partial charge in [0, 0.05) is 45.1 Å². The molecular formula is C22H28N4O3. The Morgan fingerprint density at radius 3 is 2.62 bits per heavy atom. The number of β-amino-alcohol motifs (C(OH)–C–C–N with tert-alkyl or cyclic N) is 1. The third kappa shape index (κ3) is 3.97. The van der Waals surface area contributed by atoms with Crippen LogP contribution >= 0.6 is 0 Å². The number of aliphatic hydroxyl groups is 1. The Morgan fingerprint density at radius 1 is 1.14 bits per heavy atom. The predicted molar refractivity (Wildman–Crippen MR) is 111 cm³/mol. The Bertz CT molecular complexity index is 894. The Labute approximate surface area is 171 Å². The largest absolute Gasteiger partial charge is 0.496 e. The number of anilines is 1.